The summed E-state index contributed by atoms with van der Waals surface area (Å²) in [6, 6.07) is 9.22. The first-order valence-corrected chi connectivity index (χ1v) is 7.59. The van der Waals surface area contributed by atoms with Crippen LogP contribution in [-0.2, 0) is 0 Å². The molecule has 0 saturated carbocycles. The Morgan fingerprint density at radius 3 is 2.78 bits per heavy atom. The smallest absolute Gasteiger partial charge is 0.270 e. The molecule has 0 spiro atoms. The maximum atomic E-state index is 12.2. The summed E-state index contributed by atoms with van der Waals surface area (Å²) in [6.07, 6.45) is 0.866. The average Bonchev–Trinajstić information content (AvgIpc) is 2.54. The van der Waals surface area contributed by atoms with Gasteiger partial charge in [0.1, 0.15) is 11.4 Å². The minimum Gasteiger partial charge on any atom is -0.497 e. The summed E-state index contributed by atoms with van der Waals surface area (Å²) in [5.74, 6) is 0.920. The Kier molecular flexibility index (Phi) is 5.51. The maximum Gasteiger partial charge on any atom is 0.270 e. The van der Waals surface area contributed by atoms with Crippen molar-refractivity contribution in [1.29, 1.82) is 0 Å². The van der Waals surface area contributed by atoms with E-state index in [9.17, 15) is 4.79 Å². The average molecular weight is 314 g/mol. The van der Waals surface area contributed by atoms with Crippen molar-refractivity contribution in [3.63, 3.8) is 0 Å². The lowest BCUT2D eigenvalue weighted by molar-refractivity contribution is 0.0934. The molecule has 0 bridgehead atoms. The fraction of sp³-hybridized carbons (Fsp3) is 0.353. The van der Waals surface area contributed by atoms with Gasteiger partial charge in [-0.2, -0.15) is 0 Å². The van der Waals surface area contributed by atoms with Crippen molar-refractivity contribution in [2.75, 3.05) is 12.4 Å². The number of nitrogens with one attached hydrogen (secondary N) is 2. The predicted octanol–water partition coefficient (Wildman–Crippen LogP) is 3.07. The van der Waals surface area contributed by atoms with Crippen LogP contribution < -0.4 is 15.4 Å². The first-order chi connectivity index (χ1) is 11.0. The van der Waals surface area contributed by atoms with Gasteiger partial charge < -0.3 is 15.4 Å². The largest absolute Gasteiger partial charge is 0.497 e. The molecule has 2 aromatic rings. The Balaban J connectivity index is 2.21. The first kappa shape index (κ1) is 16.7. The second kappa shape index (κ2) is 7.58. The number of methoxy groups -OCH3 is 1. The number of ether oxygens (including phenoxy) is 1. The molecule has 0 fully saturated rings. The molecule has 6 nitrogen and oxygen atoms in total. The third-order valence-corrected chi connectivity index (χ3v) is 3.40. The lowest BCUT2D eigenvalue weighted by atomic mass is 10.2. The van der Waals surface area contributed by atoms with E-state index in [0.29, 0.717) is 11.6 Å². The number of benzene rings is 1. The Morgan fingerprint density at radius 1 is 1.30 bits per heavy atom. The number of carbonyl (C=O) groups excluding carboxylic acids is 1. The highest BCUT2D eigenvalue weighted by molar-refractivity contribution is 5.92. The van der Waals surface area contributed by atoms with Gasteiger partial charge >= 0.3 is 0 Å². The summed E-state index contributed by atoms with van der Waals surface area (Å²) in [4.78, 5) is 20.8. The SMILES string of the molecule is CCC(C)NC(=O)c1cc(C)nc(Nc2cccc(OC)c2)n1. The second-order valence-electron chi connectivity index (χ2n) is 5.36. The van der Waals surface area contributed by atoms with E-state index in [2.05, 4.69) is 20.6 Å². The van der Waals surface area contributed by atoms with Gasteiger partial charge in [-0.05, 0) is 38.5 Å². The molecule has 1 aromatic heterocycles. The Morgan fingerprint density at radius 2 is 2.09 bits per heavy atom. The van der Waals surface area contributed by atoms with Gasteiger partial charge in [0.2, 0.25) is 5.95 Å². The van der Waals surface area contributed by atoms with Crippen molar-refractivity contribution in [3.8, 4) is 5.75 Å². The summed E-state index contributed by atoms with van der Waals surface area (Å²) >= 11 is 0. The maximum absolute atomic E-state index is 12.2. The molecule has 2 N–H and O–H groups in total. The zero-order valence-corrected chi connectivity index (χ0v) is 13.9. The number of anilines is 2. The van der Waals surface area contributed by atoms with Crippen molar-refractivity contribution in [1.82, 2.24) is 15.3 Å². The van der Waals surface area contributed by atoms with E-state index in [1.54, 1.807) is 13.2 Å². The molecule has 1 amide bonds. The van der Waals surface area contributed by atoms with Gasteiger partial charge in [0.05, 0.1) is 7.11 Å². The highest BCUT2D eigenvalue weighted by Gasteiger charge is 2.12. The summed E-state index contributed by atoms with van der Waals surface area (Å²) < 4.78 is 5.19. The number of rotatable bonds is 6. The molecule has 1 atom stereocenters. The third-order valence-electron chi connectivity index (χ3n) is 3.40. The molecule has 122 valence electrons. The number of aromatic nitrogens is 2. The zero-order chi connectivity index (χ0) is 16.8. The molecule has 2 rings (SSSR count). The number of amides is 1. The lowest BCUT2D eigenvalue weighted by Crippen LogP contribution is -2.32. The molecule has 0 aliphatic rings. The molecule has 6 heteroatoms. The highest BCUT2D eigenvalue weighted by atomic mass is 16.5. The lowest BCUT2D eigenvalue weighted by Gasteiger charge is -2.12. The Hall–Kier alpha value is -2.63. The van der Waals surface area contributed by atoms with E-state index < -0.39 is 0 Å². The van der Waals surface area contributed by atoms with Crippen LogP contribution in [0.5, 0.6) is 5.75 Å². The van der Waals surface area contributed by atoms with Crippen LogP contribution in [0.2, 0.25) is 0 Å². The molecule has 1 unspecified atom stereocenters. The van der Waals surface area contributed by atoms with Gasteiger partial charge in [0, 0.05) is 23.5 Å². The summed E-state index contributed by atoms with van der Waals surface area (Å²) in [6.45, 7) is 5.81. The van der Waals surface area contributed by atoms with E-state index in [-0.39, 0.29) is 11.9 Å². The number of hydrogen-bond acceptors (Lipinski definition) is 5. The van der Waals surface area contributed by atoms with Gasteiger partial charge in [0.15, 0.2) is 0 Å². The topological polar surface area (TPSA) is 76.1 Å². The van der Waals surface area contributed by atoms with Crippen molar-refractivity contribution >= 4 is 17.5 Å². The van der Waals surface area contributed by atoms with Gasteiger partial charge in [-0.3, -0.25) is 4.79 Å². The van der Waals surface area contributed by atoms with E-state index in [0.717, 1.165) is 23.6 Å². The molecule has 0 saturated heterocycles. The number of hydrogen-bond donors (Lipinski definition) is 2. The van der Waals surface area contributed by atoms with Crippen LogP contribution in [0, 0.1) is 6.92 Å². The molecule has 23 heavy (non-hydrogen) atoms. The standard InChI is InChI=1S/C17H22N4O2/c1-5-11(2)18-16(22)15-9-12(3)19-17(21-15)20-13-7-6-8-14(10-13)23-4/h6-11H,5H2,1-4H3,(H,18,22)(H,19,20,21). The Labute approximate surface area is 136 Å². The molecule has 1 heterocycles. The molecular formula is C17H22N4O2. The van der Waals surface area contributed by atoms with Crippen molar-refractivity contribution in [3.05, 3.63) is 41.7 Å². The van der Waals surface area contributed by atoms with E-state index in [1.165, 1.54) is 0 Å². The fourth-order valence-electron chi connectivity index (χ4n) is 1.97. The quantitative estimate of drug-likeness (QED) is 0.857. The molecule has 0 aliphatic heterocycles. The van der Waals surface area contributed by atoms with E-state index >= 15 is 0 Å². The van der Waals surface area contributed by atoms with E-state index in [4.69, 9.17) is 4.74 Å². The molecule has 0 radical (unpaired) electrons. The summed E-state index contributed by atoms with van der Waals surface area (Å²) in [5, 5.41) is 6.01. The van der Waals surface area contributed by atoms with Crippen molar-refractivity contribution in [2.45, 2.75) is 33.2 Å². The normalized spacial score (nSPS) is 11.7. The number of aryl methyl sites for hydroxylation is 1. The van der Waals surface area contributed by atoms with Crippen LogP contribution in [0.3, 0.4) is 0 Å². The van der Waals surface area contributed by atoms with Gasteiger partial charge in [-0.25, -0.2) is 9.97 Å². The zero-order valence-electron chi connectivity index (χ0n) is 13.9. The molecule has 0 aliphatic carbocycles. The van der Waals surface area contributed by atoms with Crippen LogP contribution in [-0.4, -0.2) is 29.0 Å². The van der Waals surface area contributed by atoms with Crippen LogP contribution in [0.4, 0.5) is 11.6 Å². The predicted molar refractivity (Wildman–Crippen MR) is 90.3 cm³/mol. The third kappa shape index (κ3) is 4.67. The van der Waals surface area contributed by atoms with Crippen LogP contribution in [0.25, 0.3) is 0 Å². The second-order valence-corrected chi connectivity index (χ2v) is 5.36. The summed E-state index contributed by atoms with van der Waals surface area (Å²) in [7, 11) is 1.61. The Bertz CT molecular complexity index is 688. The first-order valence-electron chi connectivity index (χ1n) is 7.59. The molecular weight excluding hydrogens is 292 g/mol. The van der Waals surface area contributed by atoms with Crippen LogP contribution in [0.15, 0.2) is 30.3 Å². The van der Waals surface area contributed by atoms with Crippen LogP contribution >= 0.6 is 0 Å². The van der Waals surface area contributed by atoms with Gasteiger partial charge in [0.25, 0.3) is 5.91 Å². The van der Waals surface area contributed by atoms with Gasteiger partial charge in [-0.1, -0.05) is 13.0 Å². The minimum absolute atomic E-state index is 0.104. The van der Waals surface area contributed by atoms with Crippen molar-refractivity contribution < 1.29 is 9.53 Å². The molecule has 1 aromatic carbocycles. The van der Waals surface area contributed by atoms with Crippen LogP contribution in [0.1, 0.15) is 36.5 Å². The highest BCUT2D eigenvalue weighted by Crippen LogP contribution is 2.19. The van der Waals surface area contributed by atoms with E-state index in [1.807, 2.05) is 45.0 Å². The van der Waals surface area contributed by atoms with Crippen molar-refractivity contribution in [2.24, 2.45) is 0 Å². The minimum atomic E-state index is -0.196. The summed E-state index contributed by atoms with van der Waals surface area (Å²) in [5.41, 5.74) is 1.87. The monoisotopic (exact) mass is 314 g/mol. The number of nitrogens with zero attached hydrogens (tertiary/aromatic N) is 2. The number of carbonyl (C=O) groups is 1. The fourth-order valence-corrected chi connectivity index (χ4v) is 1.97. The van der Waals surface area contributed by atoms with Gasteiger partial charge in [-0.15, -0.1) is 0 Å².